The molecule has 0 bridgehead atoms. The first-order valence-electron chi connectivity index (χ1n) is 9.18. The van der Waals surface area contributed by atoms with Gasteiger partial charge < -0.3 is 9.73 Å². The highest BCUT2D eigenvalue weighted by Gasteiger charge is 2.07. The Balaban J connectivity index is 1.47. The molecule has 0 aliphatic carbocycles. The second-order valence-electron chi connectivity index (χ2n) is 6.44. The molecule has 1 aromatic heterocycles. The maximum Gasteiger partial charge on any atom is 0.248 e. The number of carbonyl (C=O) groups excluding carboxylic acids is 1. The fourth-order valence-electron chi connectivity index (χ4n) is 3.01. The van der Waals surface area contributed by atoms with Crippen LogP contribution in [-0.4, -0.2) is 5.91 Å². The number of rotatable bonds is 5. The van der Waals surface area contributed by atoms with Crippen LogP contribution in [0.1, 0.15) is 5.76 Å². The van der Waals surface area contributed by atoms with Crippen LogP contribution in [0.5, 0.6) is 0 Å². The van der Waals surface area contributed by atoms with Gasteiger partial charge in [0.2, 0.25) is 5.91 Å². The first-order valence-corrected chi connectivity index (χ1v) is 9.18. The third kappa shape index (κ3) is 4.50. The van der Waals surface area contributed by atoms with E-state index in [0.717, 1.165) is 22.4 Å². The lowest BCUT2D eigenvalue weighted by atomic mass is 10.0. The lowest BCUT2D eigenvalue weighted by Gasteiger charge is -2.09. The summed E-state index contributed by atoms with van der Waals surface area (Å²) >= 11 is 0. The van der Waals surface area contributed by atoms with Crippen molar-refractivity contribution in [1.29, 1.82) is 0 Å². The maximum atomic E-state index is 13.0. The van der Waals surface area contributed by atoms with Gasteiger partial charge in [-0.1, -0.05) is 48.5 Å². The smallest absolute Gasteiger partial charge is 0.248 e. The van der Waals surface area contributed by atoms with E-state index in [4.69, 9.17) is 4.42 Å². The van der Waals surface area contributed by atoms with Crippen LogP contribution in [0.3, 0.4) is 0 Å². The van der Waals surface area contributed by atoms with E-state index in [2.05, 4.69) is 5.32 Å². The molecule has 29 heavy (non-hydrogen) atoms. The highest BCUT2D eigenvalue weighted by Crippen LogP contribution is 2.27. The van der Waals surface area contributed by atoms with Crippen LogP contribution >= 0.6 is 0 Å². The molecule has 0 saturated heterocycles. The second kappa shape index (κ2) is 8.40. The zero-order valence-corrected chi connectivity index (χ0v) is 15.5. The van der Waals surface area contributed by atoms with Gasteiger partial charge in [-0.2, -0.15) is 0 Å². The Labute approximate surface area is 168 Å². The highest BCUT2D eigenvalue weighted by molar-refractivity contribution is 6.04. The largest absolute Gasteiger partial charge is 0.457 e. The van der Waals surface area contributed by atoms with E-state index in [0.29, 0.717) is 11.5 Å². The molecule has 4 rings (SSSR count). The summed E-state index contributed by atoms with van der Waals surface area (Å²) in [5, 5.41) is 2.91. The SMILES string of the molecule is O=C(/C=C/c1ccc(-c2ccc(F)cc2)o1)Nc1ccccc1-c1ccccc1. The van der Waals surface area contributed by atoms with Crippen molar-refractivity contribution in [3.63, 3.8) is 0 Å². The monoisotopic (exact) mass is 383 g/mol. The third-order valence-corrected chi connectivity index (χ3v) is 4.42. The van der Waals surface area contributed by atoms with E-state index in [1.54, 1.807) is 30.3 Å². The highest BCUT2D eigenvalue weighted by atomic mass is 19.1. The number of amides is 1. The van der Waals surface area contributed by atoms with Crippen molar-refractivity contribution in [3.8, 4) is 22.5 Å². The van der Waals surface area contributed by atoms with E-state index in [-0.39, 0.29) is 11.7 Å². The summed E-state index contributed by atoms with van der Waals surface area (Å²) in [5.41, 5.74) is 3.49. The Bertz CT molecular complexity index is 1140. The maximum absolute atomic E-state index is 13.0. The Hall–Kier alpha value is -3.92. The zero-order chi connectivity index (χ0) is 20.1. The van der Waals surface area contributed by atoms with E-state index in [9.17, 15) is 9.18 Å². The van der Waals surface area contributed by atoms with Gasteiger partial charge >= 0.3 is 0 Å². The fourth-order valence-corrected chi connectivity index (χ4v) is 3.01. The molecule has 0 aliphatic rings. The normalized spacial score (nSPS) is 10.9. The van der Waals surface area contributed by atoms with Crippen molar-refractivity contribution >= 4 is 17.7 Å². The minimum Gasteiger partial charge on any atom is -0.457 e. The molecule has 0 fully saturated rings. The summed E-state index contributed by atoms with van der Waals surface area (Å²) in [6.45, 7) is 0. The van der Waals surface area contributed by atoms with Crippen LogP contribution < -0.4 is 5.32 Å². The van der Waals surface area contributed by atoms with Gasteiger partial charge in [-0.15, -0.1) is 0 Å². The molecule has 0 radical (unpaired) electrons. The topological polar surface area (TPSA) is 42.2 Å². The summed E-state index contributed by atoms with van der Waals surface area (Å²) in [5.74, 6) is 0.594. The summed E-state index contributed by atoms with van der Waals surface area (Å²) in [7, 11) is 0. The van der Waals surface area contributed by atoms with Gasteiger partial charge in [0.15, 0.2) is 0 Å². The Morgan fingerprint density at radius 1 is 0.793 bits per heavy atom. The van der Waals surface area contributed by atoms with Crippen LogP contribution in [0, 0.1) is 5.82 Å². The standard InChI is InChI=1S/C25H18FNO2/c26-20-12-10-19(11-13-20)24-16-14-21(29-24)15-17-25(28)27-23-9-5-4-8-22(23)18-6-2-1-3-7-18/h1-17H,(H,27,28)/b17-15+. The first-order chi connectivity index (χ1) is 14.2. The minimum atomic E-state index is -0.298. The number of carbonyl (C=O) groups is 1. The van der Waals surface area contributed by atoms with Crippen LogP contribution in [0.25, 0.3) is 28.5 Å². The molecule has 3 nitrogen and oxygen atoms in total. The lowest BCUT2D eigenvalue weighted by Crippen LogP contribution is -2.08. The van der Waals surface area contributed by atoms with E-state index in [1.807, 2.05) is 54.6 Å². The fraction of sp³-hybridized carbons (Fsp3) is 0. The molecule has 0 unspecified atom stereocenters. The number of nitrogens with one attached hydrogen (secondary N) is 1. The van der Waals surface area contributed by atoms with Crippen LogP contribution in [0.15, 0.2) is 101 Å². The van der Waals surface area contributed by atoms with Crippen LogP contribution in [0.2, 0.25) is 0 Å². The van der Waals surface area contributed by atoms with Crippen LogP contribution in [-0.2, 0) is 4.79 Å². The predicted molar refractivity (Wildman–Crippen MR) is 114 cm³/mol. The average molecular weight is 383 g/mol. The molecule has 4 aromatic rings. The van der Waals surface area contributed by atoms with Gasteiger partial charge in [0.1, 0.15) is 17.3 Å². The summed E-state index contributed by atoms with van der Waals surface area (Å²) in [4.78, 5) is 12.4. The second-order valence-corrected chi connectivity index (χ2v) is 6.44. The molecule has 1 heterocycles. The lowest BCUT2D eigenvalue weighted by molar-refractivity contribution is -0.111. The number of hydrogen-bond acceptors (Lipinski definition) is 2. The van der Waals surface area contributed by atoms with Gasteiger partial charge in [0.05, 0.1) is 0 Å². The van der Waals surface area contributed by atoms with Gasteiger partial charge in [-0.3, -0.25) is 4.79 Å². The number of hydrogen-bond donors (Lipinski definition) is 1. The Kier molecular flexibility index (Phi) is 5.34. The third-order valence-electron chi connectivity index (χ3n) is 4.42. The van der Waals surface area contributed by atoms with Crippen molar-refractivity contribution in [3.05, 3.63) is 109 Å². The van der Waals surface area contributed by atoms with E-state index < -0.39 is 0 Å². The molecule has 1 amide bonds. The zero-order valence-electron chi connectivity index (χ0n) is 15.5. The Morgan fingerprint density at radius 3 is 2.31 bits per heavy atom. The molecule has 0 spiro atoms. The summed E-state index contributed by atoms with van der Waals surface area (Å²) in [6, 6.07) is 27.1. The summed E-state index contributed by atoms with van der Waals surface area (Å²) < 4.78 is 18.8. The van der Waals surface area contributed by atoms with Gasteiger partial charge in [-0.25, -0.2) is 4.39 Å². The Morgan fingerprint density at radius 2 is 1.52 bits per heavy atom. The number of halogens is 1. The number of anilines is 1. The van der Waals surface area contributed by atoms with Gasteiger partial charge in [0.25, 0.3) is 0 Å². The number of para-hydroxylation sites is 1. The number of benzene rings is 3. The molecule has 0 saturated carbocycles. The first kappa shape index (κ1) is 18.4. The van der Waals surface area contributed by atoms with E-state index in [1.165, 1.54) is 18.2 Å². The molecule has 1 N–H and O–H groups in total. The average Bonchev–Trinajstić information content (AvgIpc) is 3.23. The molecular weight excluding hydrogens is 365 g/mol. The van der Waals surface area contributed by atoms with Crippen molar-refractivity contribution in [2.45, 2.75) is 0 Å². The van der Waals surface area contributed by atoms with Crippen LogP contribution in [0.4, 0.5) is 10.1 Å². The molecule has 3 aromatic carbocycles. The van der Waals surface area contributed by atoms with Crippen molar-refractivity contribution < 1.29 is 13.6 Å². The molecule has 4 heteroatoms. The summed E-state index contributed by atoms with van der Waals surface area (Å²) in [6.07, 6.45) is 3.03. The molecule has 0 atom stereocenters. The van der Waals surface area contributed by atoms with Gasteiger partial charge in [-0.05, 0) is 54.1 Å². The van der Waals surface area contributed by atoms with Gasteiger partial charge in [0, 0.05) is 22.9 Å². The van der Waals surface area contributed by atoms with Crippen molar-refractivity contribution in [2.75, 3.05) is 5.32 Å². The van der Waals surface area contributed by atoms with Crippen molar-refractivity contribution in [1.82, 2.24) is 0 Å². The minimum absolute atomic E-state index is 0.256. The molecule has 0 aliphatic heterocycles. The molecular formula is C25H18FNO2. The molecule has 142 valence electrons. The predicted octanol–water partition coefficient (Wildman–Crippen LogP) is 6.40. The number of furan rings is 1. The van der Waals surface area contributed by atoms with E-state index >= 15 is 0 Å². The van der Waals surface area contributed by atoms with Crippen molar-refractivity contribution in [2.24, 2.45) is 0 Å². The quantitative estimate of drug-likeness (QED) is 0.405.